The van der Waals surface area contributed by atoms with Gasteiger partial charge in [-0.15, -0.1) is 11.3 Å². The minimum absolute atomic E-state index is 0.260. The molecule has 1 aliphatic rings. The van der Waals surface area contributed by atoms with E-state index in [0.29, 0.717) is 6.54 Å². The molecule has 1 aromatic carbocycles. The van der Waals surface area contributed by atoms with Crippen molar-refractivity contribution >= 4 is 48.9 Å². The zero-order chi connectivity index (χ0) is 13.4. The van der Waals surface area contributed by atoms with Crippen molar-refractivity contribution in [2.45, 2.75) is 12.5 Å². The SMILES string of the molecule is NCC(c1cc(Br)c(Br)s1)N1CCc2ccccc21. The molecule has 100 valence electrons. The van der Waals surface area contributed by atoms with E-state index in [2.05, 4.69) is 67.1 Å². The Balaban J connectivity index is 1.96. The van der Waals surface area contributed by atoms with Gasteiger partial charge in [-0.1, -0.05) is 18.2 Å². The zero-order valence-electron chi connectivity index (χ0n) is 10.3. The fourth-order valence-electron chi connectivity index (χ4n) is 2.61. The van der Waals surface area contributed by atoms with Crippen molar-refractivity contribution in [3.8, 4) is 0 Å². The van der Waals surface area contributed by atoms with Gasteiger partial charge in [0.25, 0.3) is 0 Å². The van der Waals surface area contributed by atoms with E-state index in [1.165, 1.54) is 16.1 Å². The summed E-state index contributed by atoms with van der Waals surface area (Å²) in [7, 11) is 0. The maximum Gasteiger partial charge on any atom is 0.0844 e. The van der Waals surface area contributed by atoms with Crippen LogP contribution in [0.15, 0.2) is 38.6 Å². The van der Waals surface area contributed by atoms with Gasteiger partial charge in [0.1, 0.15) is 0 Å². The van der Waals surface area contributed by atoms with Gasteiger partial charge in [0.05, 0.1) is 9.83 Å². The molecule has 2 nitrogen and oxygen atoms in total. The third-order valence-electron chi connectivity index (χ3n) is 3.52. The molecule has 0 saturated heterocycles. The lowest BCUT2D eigenvalue weighted by molar-refractivity contribution is 0.659. The van der Waals surface area contributed by atoms with Crippen LogP contribution >= 0.6 is 43.2 Å². The van der Waals surface area contributed by atoms with Crippen molar-refractivity contribution in [3.63, 3.8) is 0 Å². The lowest BCUT2D eigenvalue weighted by Crippen LogP contribution is -2.31. The van der Waals surface area contributed by atoms with E-state index in [9.17, 15) is 0 Å². The smallest absolute Gasteiger partial charge is 0.0844 e. The molecule has 0 fully saturated rings. The lowest BCUT2D eigenvalue weighted by atomic mass is 10.1. The molecular formula is C14H14Br2N2S. The van der Waals surface area contributed by atoms with Gasteiger partial charge in [0.2, 0.25) is 0 Å². The van der Waals surface area contributed by atoms with Crippen LogP contribution in [0.1, 0.15) is 16.5 Å². The predicted molar refractivity (Wildman–Crippen MR) is 89.0 cm³/mol. The Labute approximate surface area is 133 Å². The summed E-state index contributed by atoms with van der Waals surface area (Å²) in [5.74, 6) is 0. The molecule has 1 unspecified atom stereocenters. The molecular weight excluding hydrogens is 388 g/mol. The molecule has 1 aromatic heterocycles. The zero-order valence-corrected chi connectivity index (χ0v) is 14.3. The van der Waals surface area contributed by atoms with Crippen LogP contribution in [0.3, 0.4) is 0 Å². The molecule has 0 amide bonds. The van der Waals surface area contributed by atoms with E-state index in [1.807, 2.05) is 0 Å². The maximum atomic E-state index is 6.04. The summed E-state index contributed by atoms with van der Waals surface area (Å²) in [4.78, 5) is 3.73. The summed E-state index contributed by atoms with van der Waals surface area (Å²) >= 11 is 8.88. The maximum absolute atomic E-state index is 6.04. The molecule has 0 saturated carbocycles. The molecule has 0 bridgehead atoms. The molecule has 5 heteroatoms. The number of nitrogens with zero attached hydrogens (tertiary/aromatic N) is 1. The quantitative estimate of drug-likeness (QED) is 0.828. The summed E-state index contributed by atoms with van der Waals surface area (Å²) < 4.78 is 2.24. The topological polar surface area (TPSA) is 29.3 Å². The van der Waals surface area contributed by atoms with Crippen molar-refractivity contribution in [1.82, 2.24) is 0 Å². The van der Waals surface area contributed by atoms with Crippen LogP contribution in [-0.4, -0.2) is 13.1 Å². The summed E-state index contributed by atoms with van der Waals surface area (Å²) in [6, 6.07) is 11.1. The Bertz CT molecular complexity index is 577. The van der Waals surface area contributed by atoms with Crippen molar-refractivity contribution in [1.29, 1.82) is 0 Å². The molecule has 19 heavy (non-hydrogen) atoms. The number of rotatable bonds is 3. The Morgan fingerprint density at radius 1 is 1.32 bits per heavy atom. The molecule has 2 N–H and O–H groups in total. The number of para-hydroxylation sites is 1. The van der Waals surface area contributed by atoms with Crippen molar-refractivity contribution in [3.05, 3.63) is 49.0 Å². The van der Waals surface area contributed by atoms with Crippen LogP contribution in [0.2, 0.25) is 0 Å². The van der Waals surface area contributed by atoms with Crippen LogP contribution in [-0.2, 0) is 6.42 Å². The van der Waals surface area contributed by atoms with Gasteiger partial charge in [0, 0.05) is 28.1 Å². The van der Waals surface area contributed by atoms with E-state index in [1.54, 1.807) is 11.3 Å². The van der Waals surface area contributed by atoms with E-state index in [4.69, 9.17) is 5.73 Å². The van der Waals surface area contributed by atoms with Crippen molar-refractivity contribution in [2.75, 3.05) is 18.0 Å². The normalized spacial score (nSPS) is 15.6. The monoisotopic (exact) mass is 400 g/mol. The summed E-state index contributed by atoms with van der Waals surface area (Å²) in [6.45, 7) is 1.68. The standard InChI is InChI=1S/C14H14Br2N2S/c15-10-7-13(19-14(10)16)12(8-17)18-6-5-9-3-1-2-4-11(9)18/h1-4,7,12H,5-6,8,17H2. The van der Waals surface area contributed by atoms with Crippen LogP contribution in [0.25, 0.3) is 0 Å². The molecule has 0 radical (unpaired) electrons. The van der Waals surface area contributed by atoms with Crippen molar-refractivity contribution in [2.24, 2.45) is 5.73 Å². The third kappa shape index (κ3) is 2.49. The predicted octanol–water partition coefficient (Wildman–Crippen LogP) is 4.34. The first-order valence-corrected chi connectivity index (χ1v) is 8.60. The number of benzene rings is 1. The number of fused-ring (bicyclic) bond motifs is 1. The van der Waals surface area contributed by atoms with E-state index >= 15 is 0 Å². The molecule has 0 aliphatic carbocycles. The fraction of sp³-hybridized carbons (Fsp3) is 0.286. The van der Waals surface area contributed by atoms with E-state index in [0.717, 1.165) is 21.2 Å². The molecule has 1 aliphatic heterocycles. The average molecular weight is 402 g/mol. The van der Waals surface area contributed by atoms with Crippen LogP contribution in [0.5, 0.6) is 0 Å². The highest BCUT2D eigenvalue weighted by molar-refractivity contribution is 9.13. The number of halogens is 2. The molecule has 3 rings (SSSR count). The highest BCUT2D eigenvalue weighted by atomic mass is 79.9. The second kappa shape index (κ2) is 5.56. The average Bonchev–Trinajstić information content (AvgIpc) is 2.97. The Morgan fingerprint density at radius 3 is 2.79 bits per heavy atom. The number of hydrogen-bond acceptors (Lipinski definition) is 3. The minimum atomic E-state index is 0.260. The summed E-state index contributed by atoms with van der Waals surface area (Å²) in [5, 5.41) is 0. The first kappa shape index (κ1) is 13.6. The Hall–Kier alpha value is -0.360. The minimum Gasteiger partial charge on any atom is -0.362 e. The largest absolute Gasteiger partial charge is 0.362 e. The van der Waals surface area contributed by atoms with E-state index in [-0.39, 0.29) is 6.04 Å². The van der Waals surface area contributed by atoms with Crippen LogP contribution < -0.4 is 10.6 Å². The van der Waals surface area contributed by atoms with Gasteiger partial charge in [0.15, 0.2) is 0 Å². The molecule has 0 spiro atoms. The fourth-order valence-corrected chi connectivity index (χ4v) is 4.83. The summed E-state index contributed by atoms with van der Waals surface area (Å²) in [5.41, 5.74) is 8.79. The number of thiophene rings is 1. The highest BCUT2D eigenvalue weighted by Gasteiger charge is 2.27. The first-order chi connectivity index (χ1) is 9.20. The molecule has 2 aromatic rings. The van der Waals surface area contributed by atoms with Crippen LogP contribution in [0.4, 0.5) is 5.69 Å². The third-order valence-corrected chi connectivity index (χ3v) is 6.87. The van der Waals surface area contributed by atoms with Gasteiger partial charge >= 0.3 is 0 Å². The van der Waals surface area contributed by atoms with Gasteiger partial charge < -0.3 is 10.6 Å². The lowest BCUT2D eigenvalue weighted by Gasteiger charge is -2.28. The van der Waals surface area contributed by atoms with Crippen LogP contribution in [0, 0.1) is 0 Å². The molecule has 1 atom stereocenters. The first-order valence-electron chi connectivity index (χ1n) is 6.20. The number of anilines is 1. The van der Waals surface area contributed by atoms with Gasteiger partial charge in [-0.05, 0) is 56.0 Å². The van der Waals surface area contributed by atoms with Gasteiger partial charge in [-0.2, -0.15) is 0 Å². The van der Waals surface area contributed by atoms with Gasteiger partial charge in [-0.25, -0.2) is 0 Å². The number of nitrogens with two attached hydrogens (primary N) is 1. The second-order valence-electron chi connectivity index (χ2n) is 4.59. The Morgan fingerprint density at radius 2 is 2.11 bits per heavy atom. The van der Waals surface area contributed by atoms with E-state index < -0.39 is 0 Å². The number of hydrogen-bond donors (Lipinski definition) is 1. The summed E-state index contributed by atoms with van der Waals surface area (Å²) in [6.07, 6.45) is 1.11. The van der Waals surface area contributed by atoms with Crippen molar-refractivity contribution < 1.29 is 0 Å². The van der Waals surface area contributed by atoms with Gasteiger partial charge in [-0.3, -0.25) is 0 Å². The Kier molecular flexibility index (Phi) is 3.98. The second-order valence-corrected chi connectivity index (χ2v) is 7.85. The highest BCUT2D eigenvalue weighted by Crippen LogP contribution is 2.40. The molecule has 2 heterocycles.